The second kappa shape index (κ2) is 5.17. The molecule has 0 saturated carbocycles. The third-order valence-corrected chi connectivity index (χ3v) is 3.15. The van der Waals surface area contributed by atoms with Crippen LogP contribution >= 0.6 is 0 Å². The van der Waals surface area contributed by atoms with Crippen molar-refractivity contribution in [1.29, 1.82) is 0 Å². The minimum absolute atomic E-state index is 0.109. The quantitative estimate of drug-likeness (QED) is 0.896. The van der Waals surface area contributed by atoms with Crippen LogP contribution in [0, 0.1) is 18.6 Å². The van der Waals surface area contributed by atoms with Crippen LogP contribution in [0.2, 0.25) is 0 Å². The Morgan fingerprint density at radius 1 is 1.41 bits per heavy atom. The highest BCUT2D eigenvalue weighted by Gasteiger charge is 2.34. The number of amides is 2. The summed E-state index contributed by atoms with van der Waals surface area (Å²) in [6, 6.07) is 2.19. The summed E-state index contributed by atoms with van der Waals surface area (Å²) in [5, 5.41) is 8.96. The lowest BCUT2D eigenvalue weighted by Crippen LogP contribution is -2.23. The first-order valence-electron chi connectivity index (χ1n) is 6.43. The molecular weight excluding hydrogens is 296 g/mol. The molecule has 2 heterocycles. The summed E-state index contributed by atoms with van der Waals surface area (Å²) in [5.74, 6) is -2.22. The summed E-state index contributed by atoms with van der Waals surface area (Å²) < 4.78 is 27.2. The molecule has 0 aliphatic carbocycles. The largest absolute Gasteiger partial charge is 0.326 e. The maximum absolute atomic E-state index is 13.1. The number of rotatable bonds is 3. The Kier molecular flexibility index (Phi) is 3.32. The van der Waals surface area contributed by atoms with E-state index in [0.717, 1.165) is 12.1 Å². The van der Waals surface area contributed by atoms with Gasteiger partial charge in [-0.05, 0) is 19.1 Å². The zero-order chi connectivity index (χ0) is 15.9. The molecule has 9 heteroatoms. The van der Waals surface area contributed by atoms with Crippen molar-refractivity contribution in [3.63, 3.8) is 0 Å². The molecule has 1 aromatic carbocycles. The molecule has 0 radical (unpaired) electrons. The van der Waals surface area contributed by atoms with Crippen molar-refractivity contribution in [3.05, 3.63) is 35.7 Å². The zero-order valence-electron chi connectivity index (χ0n) is 11.4. The van der Waals surface area contributed by atoms with Crippen LogP contribution in [0.4, 0.5) is 20.4 Å². The molecule has 22 heavy (non-hydrogen) atoms. The van der Waals surface area contributed by atoms with E-state index in [1.54, 1.807) is 6.92 Å². The average Bonchev–Trinajstić information content (AvgIpc) is 2.92. The summed E-state index contributed by atoms with van der Waals surface area (Å²) in [4.78, 5) is 27.7. The number of hydrogen-bond acceptors (Lipinski definition) is 4. The Morgan fingerprint density at radius 3 is 2.91 bits per heavy atom. The summed E-state index contributed by atoms with van der Waals surface area (Å²) in [6.07, 6.45) is -0.194. The molecule has 2 aromatic rings. The van der Waals surface area contributed by atoms with Gasteiger partial charge >= 0.3 is 0 Å². The third kappa shape index (κ3) is 2.52. The maximum atomic E-state index is 13.1. The fraction of sp³-hybridized carbons (Fsp3) is 0.231. The summed E-state index contributed by atoms with van der Waals surface area (Å²) >= 11 is 0. The molecule has 0 bridgehead atoms. The highest BCUT2D eigenvalue weighted by atomic mass is 19.2. The number of aromatic nitrogens is 3. The molecule has 7 nitrogen and oxygen atoms in total. The number of halogens is 2. The number of hydrogen-bond donors (Lipinski definition) is 2. The normalized spacial score (nSPS) is 16.3. The standard InChI is InChI=1S/C13H11F2N5O2/c1-6-16-13-18-12(22)10(20(13)19-6)5-11(21)17-7-2-3-8(14)9(15)4-7/h2-4,10H,5H2,1H3,(H,17,21)(H,16,18,19,22)/t10-/m0/s1. The van der Waals surface area contributed by atoms with Crippen LogP contribution in [0.5, 0.6) is 0 Å². The molecule has 0 spiro atoms. The third-order valence-electron chi connectivity index (χ3n) is 3.15. The van der Waals surface area contributed by atoms with E-state index in [-0.39, 0.29) is 18.1 Å². The molecular formula is C13H11F2N5O2. The molecule has 1 aliphatic rings. The van der Waals surface area contributed by atoms with Gasteiger partial charge in [-0.1, -0.05) is 0 Å². The smallest absolute Gasteiger partial charge is 0.252 e. The van der Waals surface area contributed by atoms with E-state index < -0.39 is 29.5 Å². The Labute approximate surface area is 123 Å². The average molecular weight is 307 g/mol. The van der Waals surface area contributed by atoms with Crippen LogP contribution in [0.15, 0.2) is 18.2 Å². The first-order chi connectivity index (χ1) is 10.4. The van der Waals surface area contributed by atoms with Gasteiger partial charge in [-0.2, -0.15) is 10.1 Å². The van der Waals surface area contributed by atoms with E-state index >= 15 is 0 Å². The van der Waals surface area contributed by atoms with Gasteiger partial charge in [0.05, 0.1) is 6.42 Å². The lowest BCUT2D eigenvalue weighted by Gasteiger charge is -2.10. The molecule has 3 rings (SSSR count). The molecule has 2 N–H and O–H groups in total. The second-order valence-electron chi connectivity index (χ2n) is 4.81. The highest BCUT2D eigenvalue weighted by Crippen LogP contribution is 2.25. The Bertz CT molecular complexity index is 774. The van der Waals surface area contributed by atoms with Crippen molar-refractivity contribution < 1.29 is 18.4 Å². The number of carbonyl (C=O) groups excluding carboxylic acids is 2. The first-order valence-corrected chi connectivity index (χ1v) is 6.43. The van der Waals surface area contributed by atoms with Gasteiger partial charge in [0.15, 0.2) is 11.6 Å². The van der Waals surface area contributed by atoms with Gasteiger partial charge in [0.1, 0.15) is 11.9 Å². The van der Waals surface area contributed by atoms with Crippen molar-refractivity contribution in [2.75, 3.05) is 10.6 Å². The van der Waals surface area contributed by atoms with Gasteiger partial charge in [0.25, 0.3) is 5.91 Å². The monoisotopic (exact) mass is 307 g/mol. The number of anilines is 2. The Balaban J connectivity index is 1.71. The van der Waals surface area contributed by atoms with Crippen LogP contribution < -0.4 is 10.6 Å². The van der Waals surface area contributed by atoms with E-state index in [1.807, 2.05) is 0 Å². The topological polar surface area (TPSA) is 88.9 Å². The molecule has 2 amide bonds. The summed E-state index contributed by atoms with van der Waals surface area (Å²) in [7, 11) is 0. The SMILES string of the molecule is Cc1nc2n(n1)[C@@H](CC(=O)Nc1ccc(F)c(F)c1)C(=O)N2. The van der Waals surface area contributed by atoms with Crippen molar-refractivity contribution in [2.45, 2.75) is 19.4 Å². The van der Waals surface area contributed by atoms with Gasteiger partial charge in [0, 0.05) is 11.8 Å². The predicted octanol–water partition coefficient (Wildman–Crippen LogP) is 1.39. The second-order valence-corrected chi connectivity index (χ2v) is 4.81. The van der Waals surface area contributed by atoms with Crippen LogP contribution in [0.1, 0.15) is 18.3 Å². The number of carbonyl (C=O) groups is 2. The molecule has 1 aliphatic heterocycles. The van der Waals surface area contributed by atoms with E-state index in [1.165, 1.54) is 10.7 Å². The first kappa shape index (κ1) is 14.1. The van der Waals surface area contributed by atoms with Gasteiger partial charge < -0.3 is 5.32 Å². The van der Waals surface area contributed by atoms with Crippen molar-refractivity contribution >= 4 is 23.5 Å². The summed E-state index contributed by atoms with van der Waals surface area (Å²) in [6.45, 7) is 1.66. The van der Waals surface area contributed by atoms with Crippen LogP contribution in [0.3, 0.4) is 0 Å². The van der Waals surface area contributed by atoms with E-state index in [4.69, 9.17) is 0 Å². The van der Waals surface area contributed by atoms with Gasteiger partial charge in [-0.25, -0.2) is 13.5 Å². The van der Waals surface area contributed by atoms with E-state index in [2.05, 4.69) is 20.7 Å². The zero-order valence-corrected chi connectivity index (χ0v) is 11.4. The van der Waals surface area contributed by atoms with Crippen LogP contribution in [-0.2, 0) is 9.59 Å². The minimum atomic E-state index is -1.06. The maximum Gasteiger partial charge on any atom is 0.252 e. The predicted molar refractivity (Wildman–Crippen MR) is 72.0 cm³/mol. The molecule has 0 saturated heterocycles. The molecule has 1 atom stereocenters. The Hall–Kier alpha value is -2.84. The fourth-order valence-electron chi connectivity index (χ4n) is 2.18. The number of aryl methyl sites for hydroxylation is 1. The van der Waals surface area contributed by atoms with E-state index in [9.17, 15) is 18.4 Å². The number of nitrogens with zero attached hydrogens (tertiary/aromatic N) is 3. The van der Waals surface area contributed by atoms with Gasteiger partial charge in [-0.3, -0.25) is 14.9 Å². The number of fused-ring (bicyclic) bond motifs is 1. The molecule has 1 aromatic heterocycles. The highest BCUT2D eigenvalue weighted by molar-refractivity contribution is 6.00. The molecule has 0 unspecified atom stereocenters. The van der Waals surface area contributed by atoms with Crippen LogP contribution in [0.25, 0.3) is 0 Å². The Morgan fingerprint density at radius 2 is 2.18 bits per heavy atom. The molecule has 0 fully saturated rings. The van der Waals surface area contributed by atoms with Crippen molar-refractivity contribution in [3.8, 4) is 0 Å². The van der Waals surface area contributed by atoms with Crippen LogP contribution in [-0.4, -0.2) is 26.6 Å². The van der Waals surface area contributed by atoms with Gasteiger partial charge in [0.2, 0.25) is 11.9 Å². The molecule has 114 valence electrons. The summed E-state index contributed by atoms with van der Waals surface area (Å²) in [5.41, 5.74) is 0.109. The lowest BCUT2D eigenvalue weighted by atomic mass is 10.2. The van der Waals surface area contributed by atoms with Gasteiger partial charge in [-0.15, -0.1) is 0 Å². The van der Waals surface area contributed by atoms with Crippen molar-refractivity contribution in [2.24, 2.45) is 0 Å². The minimum Gasteiger partial charge on any atom is -0.326 e. The number of nitrogens with one attached hydrogen (secondary N) is 2. The number of benzene rings is 1. The lowest BCUT2D eigenvalue weighted by molar-refractivity contribution is -0.123. The van der Waals surface area contributed by atoms with Crippen molar-refractivity contribution in [1.82, 2.24) is 14.8 Å². The van der Waals surface area contributed by atoms with E-state index in [0.29, 0.717) is 5.82 Å². The fourth-order valence-corrected chi connectivity index (χ4v) is 2.18.